The lowest BCUT2D eigenvalue weighted by molar-refractivity contribution is -0.114. The summed E-state index contributed by atoms with van der Waals surface area (Å²) >= 11 is 0. The maximum absolute atomic E-state index is 12.6. The highest BCUT2D eigenvalue weighted by atomic mass is 16.5. The summed E-state index contributed by atoms with van der Waals surface area (Å²) in [5.74, 6) is -0.777. The lowest BCUT2D eigenvalue weighted by Gasteiger charge is -2.36. The molecule has 0 amide bonds. The molecule has 4 heteroatoms. The lowest BCUT2D eigenvalue weighted by atomic mass is 9.81. The average molecular weight is 380 g/mol. The molecule has 0 saturated carbocycles. The fraction of sp³-hybridized carbons (Fsp3) is 0.417. The van der Waals surface area contributed by atoms with Gasteiger partial charge in [-0.25, -0.2) is 0 Å². The van der Waals surface area contributed by atoms with Gasteiger partial charge in [-0.05, 0) is 62.3 Å². The quantitative estimate of drug-likeness (QED) is 0.413. The van der Waals surface area contributed by atoms with Crippen LogP contribution in [0.2, 0.25) is 0 Å². The Balaban J connectivity index is 1.69. The molecule has 4 nitrogen and oxygen atoms in total. The first kappa shape index (κ1) is 20.1. The molecule has 1 heterocycles. The van der Waals surface area contributed by atoms with E-state index in [1.165, 1.54) is 5.56 Å². The van der Waals surface area contributed by atoms with Gasteiger partial charge in [0.2, 0.25) is 0 Å². The zero-order valence-electron chi connectivity index (χ0n) is 16.8. The highest BCUT2D eigenvalue weighted by Crippen LogP contribution is 2.42. The smallest absolute Gasteiger partial charge is 0.184 e. The van der Waals surface area contributed by atoms with E-state index in [9.17, 15) is 14.7 Å². The molecule has 0 saturated heterocycles. The van der Waals surface area contributed by atoms with Crippen LogP contribution in [0, 0.1) is 5.92 Å². The maximum Gasteiger partial charge on any atom is 0.184 e. The maximum atomic E-state index is 12.6. The molecule has 0 bridgehead atoms. The first-order chi connectivity index (χ1) is 13.3. The zero-order chi connectivity index (χ0) is 20.3. The summed E-state index contributed by atoms with van der Waals surface area (Å²) in [5, 5.41) is 10.4. The van der Waals surface area contributed by atoms with Crippen molar-refractivity contribution in [3.05, 3.63) is 59.2 Å². The molecule has 0 aliphatic carbocycles. The van der Waals surface area contributed by atoms with Crippen molar-refractivity contribution < 1.29 is 19.4 Å². The minimum absolute atomic E-state index is 0.101. The van der Waals surface area contributed by atoms with Crippen molar-refractivity contribution in [1.29, 1.82) is 0 Å². The largest absolute Gasteiger partial charge is 0.507 e. The van der Waals surface area contributed by atoms with E-state index in [1.807, 2.05) is 12.1 Å². The third-order valence-electron chi connectivity index (χ3n) is 5.66. The Kier molecular flexibility index (Phi) is 5.87. The number of aryl methyl sites for hydroxylation is 1. The van der Waals surface area contributed by atoms with E-state index in [0.717, 1.165) is 31.2 Å². The number of fused-ring (bicyclic) bond motifs is 1. The molecule has 2 aromatic carbocycles. The molecular weight excluding hydrogens is 352 g/mol. The van der Waals surface area contributed by atoms with Crippen molar-refractivity contribution in [3.8, 4) is 11.5 Å². The van der Waals surface area contributed by atoms with Gasteiger partial charge in [0.15, 0.2) is 5.78 Å². The van der Waals surface area contributed by atoms with E-state index in [-0.39, 0.29) is 23.0 Å². The molecule has 0 fully saturated rings. The van der Waals surface area contributed by atoms with Crippen LogP contribution in [-0.4, -0.2) is 22.8 Å². The fourth-order valence-corrected chi connectivity index (χ4v) is 3.87. The Bertz CT molecular complexity index is 854. The molecule has 2 atom stereocenters. The lowest BCUT2D eigenvalue weighted by Crippen LogP contribution is -2.46. The third kappa shape index (κ3) is 4.11. The van der Waals surface area contributed by atoms with Crippen LogP contribution in [0.25, 0.3) is 0 Å². The molecule has 148 valence electrons. The fourth-order valence-electron chi connectivity index (χ4n) is 3.87. The molecule has 1 aliphatic heterocycles. The van der Waals surface area contributed by atoms with E-state index in [1.54, 1.807) is 19.9 Å². The summed E-state index contributed by atoms with van der Waals surface area (Å²) in [7, 11) is 0. The summed E-state index contributed by atoms with van der Waals surface area (Å²) in [4.78, 5) is 24.0. The monoisotopic (exact) mass is 380 g/mol. The summed E-state index contributed by atoms with van der Waals surface area (Å²) in [5.41, 5.74) is 1.50. The average Bonchev–Trinajstić information content (AvgIpc) is 2.64. The number of unbranched alkanes of at least 4 members (excludes halogenated alkanes) is 1. The number of carbonyl (C=O) groups excluding carboxylic acids is 2. The number of carbonyl (C=O) groups is 2. The zero-order valence-corrected chi connectivity index (χ0v) is 16.8. The standard InChI is InChI=1S/C24H28O4/c1-16(9-7-8-12-17-10-5-4-6-11-17)18-13-20(26)22-21(14-18)28-24(2,3)19(15-25)23(22)27/h4-6,10-11,13-16,19,26H,7-9,12H2,1-3H3. The van der Waals surface area contributed by atoms with Gasteiger partial charge in [-0.3, -0.25) is 4.79 Å². The second-order valence-electron chi connectivity index (χ2n) is 8.23. The third-order valence-corrected chi connectivity index (χ3v) is 5.66. The van der Waals surface area contributed by atoms with Crippen LogP contribution in [-0.2, 0) is 11.2 Å². The van der Waals surface area contributed by atoms with E-state index < -0.39 is 11.5 Å². The predicted octanol–water partition coefficient (Wildman–Crippen LogP) is 5.08. The van der Waals surface area contributed by atoms with Crippen LogP contribution in [0.5, 0.6) is 11.5 Å². The van der Waals surface area contributed by atoms with Crippen LogP contribution in [0.3, 0.4) is 0 Å². The SMILES string of the molecule is CC(CCCCc1ccccc1)c1cc(O)c2c(c1)OC(C)(C)C(C=O)C2=O. The van der Waals surface area contributed by atoms with Crippen LogP contribution >= 0.6 is 0 Å². The van der Waals surface area contributed by atoms with E-state index in [0.29, 0.717) is 12.0 Å². The van der Waals surface area contributed by atoms with Gasteiger partial charge in [-0.2, -0.15) is 0 Å². The minimum atomic E-state index is -0.921. The number of Topliss-reactive ketones (excluding diaryl/α,β-unsaturated/α-hetero) is 1. The summed E-state index contributed by atoms with van der Waals surface area (Å²) < 4.78 is 5.94. The van der Waals surface area contributed by atoms with E-state index in [4.69, 9.17) is 4.74 Å². The van der Waals surface area contributed by atoms with Gasteiger partial charge in [0.05, 0.1) is 0 Å². The van der Waals surface area contributed by atoms with Crippen molar-refractivity contribution in [3.63, 3.8) is 0 Å². The number of hydrogen-bond donors (Lipinski definition) is 1. The first-order valence-corrected chi connectivity index (χ1v) is 9.93. The molecule has 0 aromatic heterocycles. The molecule has 28 heavy (non-hydrogen) atoms. The highest BCUT2D eigenvalue weighted by molar-refractivity contribution is 6.10. The summed E-state index contributed by atoms with van der Waals surface area (Å²) in [6, 6.07) is 13.9. The van der Waals surface area contributed by atoms with E-state index in [2.05, 4.69) is 31.2 Å². The van der Waals surface area contributed by atoms with Gasteiger partial charge >= 0.3 is 0 Å². The summed E-state index contributed by atoms with van der Waals surface area (Å²) in [6.07, 6.45) is 4.83. The Morgan fingerprint density at radius 2 is 1.89 bits per heavy atom. The van der Waals surface area contributed by atoms with Gasteiger partial charge in [0.1, 0.15) is 34.9 Å². The molecule has 2 unspecified atom stereocenters. The summed E-state index contributed by atoms with van der Waals surface area (Å²) in [6.45, 7) is 5.57. The molecule has 2 aromatic rings. The van der Waals surface area contributed by atoms with Gasteiger partial charge in [0, 0.05) is 0 Å². The Labute approximate surface area is 166 Å². The predicted molar refractivity (Wildman–Crippen MR) is 109 cm³/mol. The second-order valence-corrected chi connectivity index (χ2v) is 8.23. The Morgan fingerprint density at radius 1 is 1.18 bits per heavy atom. The van der Waals surface area contributed by atoms with Gasteiger partial charge < -0.3 is 14.6 Å². The Morgan fingerprint density at radius 3 is 2.57 bits per heavy atom. The number of phenols is 1. The van der Waals surface area contributed by atoms with Crippen molar-refractivity contribution >= 4 is 12.1 Å². The number of hydrogen-bond acceptors (Lipinski definition) is 4. The minimum Gasteiger partial charge on any atom is -0.507 e. The topological polar surface area (TPSA) is 63.6 Å². The highest BCUT2D eigenvalue weighted by Gasteiger charge is 2.44. The van der Waals surface area contributed by atoms with Crippen molar-refractivity contribution in [2.75, 3.05) is 0 Å². The Hall–Kier alpha value is -2.62. The van der Waals surface area contributed by atoms with Crippen molar-refractivity contribution in [1.82, 2.24) is 0 Å². The molecule has 0 spiro atoms. The van der Waals surface area contributed by atoms with Gasteiger partial charge in [0.25, 0.3) is 0 Å². The van der Waals surface area contributed by atoms with Crippen molar-refractivity contribution in [2.24, 2.45) is 5.92 Å². The molecule has 1 aliphatic rings. The van der Waals surface area contributed by atoms with Crippen LogP contribution < -0.4 is 4.74 Å². The molecule has 0 radical (unpaired) electrons. The number of ether oxygens (including phenoxy) is 1. The molecule has 3 rings (SSSR count). The normalized spacial score (nSPS) is 18.8. The molecule has 1 N–H and O–H groups in total. The van der Waals surface area contributed by atoms with Crippen LogP contribution in [0.4, 0.5) is 0 Å². The number of benzene rings is 2. The number of phenolic OH excluding ortho intramolecular Hbond substituents is 1. The first-order valence-electron chi connectivity index (χ1n) is 9.93. The molecular formula is C24H28O4. The van der Waals surface area contributed by atoms with Crippen LogP contribution in [0.15, 0.2) is 42.5 Å². The number of aromatic hydroxyl groups is 1. The number of ketones is 1. The van der Waals surface area contributed by atoms with Crippen LogP contribution in [0.1, 0.15) is 67.4 Å². The second kappa shape index (κ2) is 8.17. The van der Waals surface area contributed by atoms with Gasteiger partial charge in [-0.1, -0.05) is 43.7 Å². The van der Waals surface area contributed by atoms with E-state index >= 15 is 0 Å². The van der Waals surface area contributed by atoms with Crippen molar-refractivity contribution in [2.45, 2.75) is 58.0 Å². The number of rotatable bonds is 7. The number of aldehydes is 1. The van der Waals surface area contributed by atoms with Gasteiger partial charge in [-0.15, -0.1) is 0 Å².